The molecule has 182 valence electrons. The number of halogens is 1. The highest BCUT2D eigenvalue weighted by Gasteiger charge is 2.43. The Bertz CT molecular complexity index is 986. The van der Waals surface area contributed by atoms with E-state index in [-0.39, 0.29) is 26.1 Å². The summed E-state index contributed by atoms with van der Waals surface area (Å²) in [5.41, 5.74) is 1.36. The summed E-state index contributed by atoms with van der Waals surface area (Å²) in [6.07, 6.45) is 1.57. The van der Waals surface area contributed by atoms with Gasteiger partial charge in [0.2, 0.25) is 5.91 Å². The predicted molar refractivity (Wildman–Crippen MR) is 125 cm³/mol. The lowest BCUT2D eigenvalue weighted by atomic mass is 9.97. The number of esters is 1. The first-order chi connectivity index (χ1) is 16.4. The van der Waals surface area contributed by atoms with Gasteiger partial charge in [0.25, 0.3) is 0 Å². The van der Waals surface area contributed by atoms with Crippen molar-refractivity contribution in [2.45, 2.75) is 51.2 Å². The van der Waals surface area contributed by atoms with E-state index in [9.17, 15) is 19.5 Å². The maximum Gasteiger partial charge on any atom is 0.417 e. The molecule has 3 atom stereocenters. The number of aliphatic hydroxyl groups is 1. The summed E-state index contributed by atoms with van der Waals surface area (Å²) in [5.74, 6) is -2.49. The molecular weight excluding hydrogens is 460 g/mol. The summed E-state index contributed by atoms with van der Waals surface area (Å²) in [6.45, 7) is 2.09. The Hall–Kier alpha value is -2.97. The minimum absolute atomic E-state index is 0.0648. The topological polar surface area (TPSA) is 106 Å². The van der Waals surface area contributed by atoms with Crippen LogP contribution in [0.3, 0.4) is 0 Å². The van der Waals surface area contributed by atoms with Crippen molar-refractivity contribution < 1.29 is 29.0 Å². The quantitative estimate of drug-likeness (QED) is 0.375. The van der Waals surface area contributed by atoms with Gasteiger partial charge in [0.15, 0.2) is 0 Å². The van der Waals surface area contributed by atoms with E-state index in [1.165, 1.54) is 6.20 Å². The van der Waals surface area contributed by atoms with Crippen LogP contribution in [0.25, 0.3) is 0 Å². The van der Waals surface area contributed by atoms with Gasteiger partial charge >= 0.3 is 12.1 Å². The second kappa shape index (κ2) is 12.5. The number of imide groups is 1. The standard InChI is InChI=1S/C25H29ClN2O6/c1-2-13-33-24(31)20(9-6-10-22(29)21-15-18(26)11-12-27-21)23(30)28-19(16-34-25(28)32)14-17-7-4-3-5-8-17/h3-5,7-8,11-12,15,19-20,22,29H,2,6,9-10,13-14,16H2,1H3/t19-,20-,22-/m0/s1. The summed E-state index contributed by atoms with van der Waals surface area (Å²) >= 11 is 5.96. The Kier molecular flexibility index (Phi) is 9.42. The highest BCUT2D eigenvalue weighted by Crippen LogP contribution is 2.26. The summed E-state index contributed by atoms with van der Waals surface area (Å²) in [5, 5.41) is 10.9. The molecular formula is C25H29ClN2O6. The lowest BCUT2D eigenvalue weighted by Gasteiger charge is -2.24. The number of ether oxygens (including phenoxy) is 2. The monoisotopic (exact) mass is 488 g/mol. The van der Waals surface area contributed by atoms with Crippen molar-refractivity contribution in [3.63, 3.8) is 0 Å². The zero-order valence-electron chi connectivity index (χ0n) is 19.1. The molecule has 0 bridgehead atoms. The maximum atomic E-state index is 13.4. The van der Waals surface area contributed by atoms with Crippen LogP contribution in [0.15, 0.2) is 48.7 Å². The predicted octanol–water partition coefficient (Wildman–Crippen LogP) is 4.10. The average Bonchev–Trinajstić information content (AvgIpc) is 3.20. The molecule has 1 aliphatic heterocycles. The molecule has 0 radical (unpaired) electrons. The van der Waals surface area contributed by atoms with Crippen molar-refractivity contribution in [3.05, 3.63) is 64.9 Å². The maximum absolute atomic E-state index is 13.4. The summed E-state index contributed by atoms with van der Waals surface area (Å²) in [6, 6.07) is 12.1. The van der Waals surface area contributed by atoms with E-state index in [2.05, 4.69) is 4.98 Å². The van der Waals surface area contributed by atoms with Crippen molar-refractivity contribution in [2.24, 2.45) is 5.92 Å². The molecule has 8 nitrogen and oxygen atoms in total. The first kappa shape index (κ1) is 25.6. The minimum Gasteiger partial charge on any atom is -0.465 e. The fourth-order valence-corrected chi connectivity index (χ4v) is 4.01. The van der Waals surface area contributed by atoms with Gasteiger partial charge in [-0.15, -0.1) is 0 Å². The molecule has 3 rings (SSSR count). The molecule has 1 saturated heterocycles. The molecule has 1 aromatic heterocycles. The number of carbonyl (C=O) groups is 3. The molecule has 2 heterocycles. The van der Waals surface area contributed by atoms with Crippen LogP contribution in [-0.4, -0.2) is 52.2 Å². The highest BCUT2D eigenvalue weighted by atomic mass is 35.5. The Labute approximate surface area is 203 Å². The van der Waals surface area contributed by atoms with E-state index < -0.39 is 36.0 Å². The van der Waals surface area contributed by atoms with E-state index in [1.807, 2.05) is 37.3 Å². The number of hydrogen-bond acceptors (Lipinski definition) is 7. The van der Waals surface area contributed by atoms with Gasteiger partial charge in [0.1, 0.15) is 12.5 Å². The zero-order chi connectivity index (χ0) is 24.5. The van der Waals surface area contributed by atoms with Gasteiger partial charge in [-0.25, -0.2) is 9.69 Å². The van der Waals surface area contributed by atoms with Gasteiger partial charge in [0.05, 0.1) is 24.4 Å². The lowest BCUT2D eigenvalue weighted by Crippen LogP contribution is -2.46. The normalized spacial score (nSPS) is 17.2. The molecule has 1 aliphatic rings. The van der Waals surface area contributed by atoms with Crippen molar-refractivity contribution in [1.29, 1.82) is 0 Å². The SMILES string of the molecule is CCCOC(=O)[C@@H](CCC[C@H](O)c1cc(Cl)ccn1)C(=O)N1C(=O)OC[C@@H]1Cc1ccccc1. The third-order valence-corrected chi connectivity index (χ3v) is 5.83. The highest BCUT2D eigenvalue weighted by molar-refractivity contribution is 6.30. The average molecular weight is 489 g/mol. The number of aromatic nitrogens is 1. The Morgan fingerprint density at radius 1 is 1.26 bits per heavy atom. The third-order valence-electron chi connectivity index (χ3n) is 5.60. The summed E-state index contributed by atoms with van der Waals surface area (Å²) < 4.78 is 10.4. The van der Waals surface area contributed by atoms with Gasteiger partial charge in [-0.1, -0.05) is 48.9 Å². The zero-order valence-corrected chi connectivity index (χ0v) is 19.8. The molecule has 2 amide bonds. The van der Waals surface area contributed by atoms with Crippen molar-refractivity contribution in [1.82, 2.24) is 9.88 Å². The molecule has 1 N–H and O–H groups in total. The molecule has 0 saturated carbocycles. The van der Waals surface area contributed by atoms with E-state index in [0.29, 0.717) is 30.0 Å². The number of benzene rings is 1. The fraction of sp³-hybridized carbons (Fsp3) is 0.440. The van der Waals surface area contributed by atoms with E-state index in [1.54, 1.807) is 12.1 Å². The number of hydrogen-bond donors (Lipinski definition) is 1. The first-order valence-electron chi connectivity index (χ1n) is 11.4. The summed E-state index contributed by atoms with van der Waals surface area (Å²) in [4.78, 5) is 43.7. The molecule has 2 aromatic rings. The minimum atomic E-state index is -1.17. The van der Waals surface area contributed by atoms with E-state index >= 15 is 0 Å². The van der Waals surface area contributed by atoms with Crippen LogP contribution >= 0.6 is 11.6 Å². The van der Waals surface area contributed by atoms with Crippen LogP contribution in [0.4, 0.5) is 4.79 Å². The van der Waals surface area contributed by atoms with Crippen molar-refractivity contribution >= 4 is 29.6 Å². The van der Waals surface area contributed by atoms with Crippen molar-refractivity contribution in [3.8, 4) is 0 Å². The molecule has 9 heteroatoms. The van der Waals surface area contributed by atoms with Gasteiger partial charge < -0.3 is 14.6 Å². The second-order valence-electron chi connectivity index (χ2n) is 8.19. The lowest BCUT2D eigenvalue weighted by molar-refractivity contribution is -0.155. The number of pyridine rings is 1. The molecule has 34 heavy (non-hydrogen) atoms. The molecule has 1 aromatic carbocycles. The van der Waals surface area contributed by atoms with Gasteiger partial charge in [-0.2, -0.15) is 0 Å². The summed E-state index contributed by atoms with van der Waals surface area (Å²) in [7, 11) is 0. The number of amides is 2. The molecule has 0 aliphatic carbocycles. The fourth-order valence-electron chi connectivity index (χ4n) is 3.85. The third kappa shape index (κ3) is 6.77. The van der Waals surface area contributed by atoms with Crippen LogP contribution < -0.4 is 0 Å². The van der Waals surface area contributed by atoms with E-state index in [4.69, 9.17) is 21.1 Å². The molecule has 0 unspecified atom stereocenters. The largest absolute Gasteiger partial charge is 0.465 e. The van der Waals surface area contributed by atoms with Crippen LogP contribution in [0, 0.1) is 5.92 Å². The Balaban J connectivity index is 1.69. The Morgan fingerprint density at radius 2 is 2.03 bits per heavy atom. The van der Waals surface area contributed by atoms with Crippen LogP contribution in [0.5, 0.6) is 0 Å². The number of rotatable bonds is 11. The molecule has 1 fully saturated rings. The smallest absolute Gasteiger partial charge is 0.417 e. The van der Waals surface area contributed by atoms with E-state index in [0.717, 1.165) is 10.5 Å². The number of nitrogens with zero attached hydrogens (tertiary/aromatic N) is 2. The number of cyclic esters (lactones) is 1. The van der Waals surface area contributed by atoms with Crippen molar-refractivity contribution in [2.75, 3.05) is 13.2 Å². The second-order valence-corrected chi connectivity index (χ2v) is 8.63. The van der Waals surface area contributed by atoms with Crippen LogP contribution in [0.1, 0.15) is 50.0 Å². The van der Waals surface area contributed by atoms with Gasteiger partial charge in [0, 0.05) is 11.2 Å². The van der Waals surface area contributed by atoms with Gasteiger partial charge in [-0.05, 0) is 49.8 Å². The van der Waals surface area contributed by atoms with Crippen LogP contribution in [0.2, 0.25) is 5.02 Å². The number of aliphatic hydroxyl groups excluding tert-OH is 1. The number of carbonyl (C=O) groups excluding carboxylic acids is 3. The Morgan fingerprint density at radius 3 is 2.74 bits per heavy atom. The van der Waals surface area contributed by atoms with Crippen LogP contribution in [-0.2, 0) is 25.5 Å². The first-order valence-corrected chi connectivity index (χ1v) is 11.8. The molecule has 0 spiro atoms. The van der Waals surface area contributed by atoms with Gasteiger partial charge in [-0.3, -0.25) is 14.6 Å².